The molecule has 160 valence electrons. The largest absolute Gasteiger partial charge is 0.493 e. The van der Waals surface area contributed by atoms with Gasteiger partial charge in [0.15, 0.2) is 11.5 Å². The lowest BCUT2D eigenvalue weighted by Crippen LogP contribution is -2.40. The molecule has 3 aromatic rings. The number of carbonyl (C=O) groups is 1. The molecule has 1 aliphatic heterocycles. The van der Waals surface area contributed by atoms with Gasteiger partial charge in [-0.1, -0.05) is 41.9 Å². The van der Waals surface area contributed by atoms with Gasteiger partial charge in [-0.3, -0.25) is 4.79 Å². The number of amides is 1. The van der Waals surface area contributed by atoms with Crippen molar-refractivity contribution in [2.24, 2.45) is 0 Å². The number of para-hydroxylation sites is 2. The molecule has 3 aromatic carbocycles. The molecule has 1 atom stereocenters. The third-order valence-corrected chi connectivity index (χ3v) is 6.11. The third-order valence-electron chi connectivity index (χ3n) is 5.79. The molecule has 0 aliphatic carbocycles. The molecular weight excluding hydrogens is 412 g/mol. The van der Waals surface area contributed by atoms with Crippen LogP contribution in [0.3, 0.4) is 0 Å². The van der Waals surface area contributed by atoms with Crippen LogP contribution in [-0.2, 0) is 0 Å². The molecule has 0 N–H and O–H groups in total. The first-order valence-electron chi connectivity index (χ1n) is 10.1. The summed E-state index contributed by atoms with van der Waals surface area (Å²) >= 11 is 6.45. The van der Waals surface area contributed by atoms with Crippen LogP contribution in [0.15, 0.2) is 66.7 Å². The van der Waals surface area contributed by atoms with Crippen LogP contribution in [-0.4, -0.2) is 33.7 Å². The number of hydrogen-bond acceptors (Lipinski definition) is 4. The van der Waals surface area contributed by atoms with Gasteiger partial charge in [-0.25, -0.2) is 0 Å². The molecule has 0 spiro atoms. The Balaban J connectivity index is 1.68. The summed E-state index contributed by atoms with van der Waals surface area (Å²) in [5.41, 5.74) is 3.55. The normalized spacial score (nSPS) is 15.2. The highest BCUT2D eigenvalue weighted by molar-refractivity contribution is 6.33. The van der Waals surface area contributed by atoms with Gasteiger partial charge >= 0.3 is 0 Å². The summed E-state index contributed by atoms with van der Waals surface area (Å²) < 4.78 is 10.7. The smallest absolute Gasteiger partial charge is 0.258 e. The zero-order chi connectivity index (χ0) is 22.0. The Bertz CT molecular complexity index is 1100. The van der Waals surface area contributed by atoms with E-state index >= 15 is 0 Å². The van der Waals surface area contributed by atoms with Crippen LogP contribution < -0.4 is 19.3 Å². The second-order valence-electron chi connectivity index (χ2n) is 7.45. The van der Waals surface area contributed by atoms with Crippen LogP contribution >= 0.6 is 11.6 Å². The molecule has 6 heteroatoms. The quantitative estimate of drug-likeness (QED) is 0.523. The average Bonchev–Trinajstić information content (AvgIpc) is 2.82. The number of rotatable bonds is 5. The first kappa shape index (κ1) is 21.1. The average molecular weight is 437 g/mol. The first-order valence-corrected chi connectivity index (χ1v) is 10.5. The molecule has 1 amide bonds. The van der Waals surface area contributed by atoms with E-state index in [-0.39, 0.29) is 11.9 Å². The monoisotopic (exact) mass is 436 g/mol. The van der Waals surface area contributed by atoms with Gasteiger partial charge in [0.2, 0.25) is 0 Å². The van der Waals surface area contributed by atoms with E-state index in [1.807, 2.05) is 47.4 Å². The van der Waals surface area contributed by atoms with E-state index in [0.29, 0.717) is 28.6 Å². The Kier molecular flexibility index (Phi) is 6.05. The van der Waals surface area contributed by atoms with E-state index in [9.17, 15) is 4.79 Å². The molecule has 1 heterocycles. The van der Waals surface area contributed by atoms with Gasteiger partial charge < -0.3 is 19.3 Å². The molecule has 0 aromatic heterocycles. The standard InChI is InChI=1S/C25H25ClN2O3/c1-27(22-11-7-5-9-19(22)26)20-14-15-28(21-10-6-4-8-18(20)21)25(29)17-12-13-23(30-2)24(16-17)31-3/h4-13,16,20H,14-15H2,1-3H3. The number of ether oxygens (including phenoxy) is 2. The molecule has 0 radical (unpaired) electrons. The second-order valence-corrected chi connectivity index (χ2v) is 7.86. The van der Waals surface area contributed by atoms with Crippen molar-refractivity contribution in [1.82, 2.24) is 0 Å². The summed E-state index contributed by atoms with van der Waals surface area (Å²) in [4.78, 5) is 17.5. The lowest BCUT2D eigenvalue weighted by atomic mass is 9.94. The number of fused-ring (bicyclic) bond motifs is 1. The number of hydrogen-bond donors (Lipinski definition) is 0. The molecule has 1 aliphatic rings. The van der Waals surface area contributed by atoms with E-state index in [1.165, 1.54) is 0 Å². The SMILES string of the molecule is COc1ccc(C(=O)N2CCC(N(C)c3ccccc3Cl)c3ccccc32)cc1OC. The van der Waals surface area contributed by atoms with Gasteiger partial charge in [0.25, 0.3) is 5.91 Å². The van der Waals surface area contributed by atoms with Gasteiger partial charge in [-0.05, 0) is 48.4 Å². The van der Waals surface area contributed by atoms with Crippen LogP contribution in [0.4, 0.5) is 11.4 Å². The summed E-state index contributed by atoms with van der Waals surface area (Å²) in [5.74, 6) is 1.07. The summed E-state index contributed by atoms with van der Waals surface area (Å²) in [6, 6.07) is 21.3. The van der Waals surface area contributed by atoms with Crippen molar-refractivity contribution >= 4 is 28.9 Å². The molecule has 0 saturated carbocycles. The van der Waals surface area contributed by atoms with Crippen LogP contribution in [0.5, 0.6) is 11.5 Å². The maximum atomic E-state index is 13.4. The van der Waals surface area contributed by atoms with Crippen molar-refractivity contribution in [2.45, 2.75) is 12.5 Å². The fraction of sp³-hybridized carbons (Fsp3) is 0.240. The lowest BCUT2D eigenvalue weighted by Gasteiger charge is -2.39. The van der Waals surface area contributed by atoms with E-state index in [1.54, 1.807) is 32.4 Å². The topological polar surface area (TPSA) is 42.0 Å². The van der Waals surface area contributed by atoms with Gasteiger partial charge in [-0.2, -0.15) is 0 Å². The number of methoxy groups -OCH3 is 2. The minimum absolute atomic E-state index is 0.0627. The summed E-state index contributed by atoms with van der Waals surface area (Å²) in [6.45, 7) is 0.601. The minimum atomic E-state index is -0.0627. The van der Waals surface area contributed by atoms with Crippen molar-refractivity contribution in [3.05, 3.63) is 82.9 Å². The summed E-state index contributed by atoms with van der Waals surface area (Å²) in [7, 11) is 5.20. The molecule has 5 nitrogen and oxygen atoms in total. The van der Waals surface area contributed by atoms with Crippen molar-refractivity contribution < 1.29 is 14.3 Å². The summed E-state index contributed by atoms with van der Waals surface area (Å²) in [5, 5.41) is 0.714. The highest BCUT2D eigenvalue weighted by atomic mass is 35.5. The molecule has 0 saturated heterocycles. The maximum absolute atomic E-state index is 13.4. The van der Waals surface area contributed by atoms with Crippen LogP contribution in [0.1, 0.15) is 28.4 Å². The van der Waals surface area contributed by atoms with E-state index in [0.717, 1.165) is 23.4 Å². The predicted molar refractivity (Wildman–Crippen MR) is 125 cm³/mol. The van der Waals surface area contributed by atoms with Crippen LogP contribution in [0.2, 0.25) is 5.02 Å². The number of anilines is 2. The Morgan fingerprint density at radius 2 is 1.71 bits per heavy atom. The number of nitrogens with zero attached hydrogens (tertiary/aromatic N) is 2. The Hall–Kier alpha value is -3.18. The van der Waals surface area contributed by atoms with Crippen molar-refractivity contribution in [3.63, 3.8) is 0 Å². The van der Waals surface area contributed by atoms with Crippen LogP contribution in [0, 0.1) is 0 Å². The Morgan fingerprint density at radius 3 is 2.45 bits per heavy atom. The lowest BCUT2D eigenvalue weighted by molar-refractivity contribution is 0.0983. The molecule has 0 fully saturated rings. The first-order chi connectivity index (χ1) is 15.0. The predicted octanol–water partition coefficient (Wildman–Crippen LogP) is 5.59. The van der Waals surface area contributed by atoms with E-state index < -0.39 is 0 Å². The number of carbonyl (C=O) groups excluding carboxylic acids is 1. The van der Waals surface area contributed by atoms with E-state index in [2.05, 4.69) is 18.0 Å². The highest BCUT2D eigenvalue weighted by Gasteiger charge is 2.32. The fourth-order valence-electron chi connectivity index (χ4n) is 4.19. The van der Waals surface area contributed by atoms with E-state index in [4.69, 9.17) is 21.1 Å². The van der Waals surface area contributed by atoms with Crippen molar-refractivity contribution in [1.29, 1.82) is 0 Å². The van der Waals surface area contributed by atoms with Crippen molar-refractivity contribution in [2.75, 3.05) is 37.6 Å². The Morgan fingerprint density at radius 1 is 1.00 bits per heavy atom. The summed E-state index contributed by atoms with van der Waals surface area (Å²) in [6.07, 6.45) is 0.789. The molecule has 4 rings (SSSR count). The van der Waals surface area contributed by atoms with Gasteiger partial charge in [0.05, 0.1) is 31.0 Å². The van der Waals surface area contributed by atoms with Gasteiger partial charge in [0, 0.05) is 24.8 Å². The highest BCUT2D eigenvalue weighted by Crippen LogP contribution is 2.41. The molecule has 0 bridgehead atoms. The number of benzene rings is 3. The zero-order valence-electron chi connectivity index (χ0n) is 17.8. The maximum Gasteiger partial charge on any atom is 0.258 e. The molecular formula is C25H25ClN2O3. The second kappa shape index (κ2) is 8.90. The molecule has 1 unspecified atom stereocenters. The minimum Gasteiger partial charge on any atom is -0.493 e. The third kappa shape index (κ3) is 3.93. The van der Waals surface area contributed by atoms with Crippen LogP contribution in [0.25, 0.3) is 0 Å². The molecule has 31 heavy (non-hydrogen) atoms. The number of halogens is 1. The fourth-order valence-corrected chi connectivity index (χ4v) is 4.46. The van der Waals surface area contributed by atoms with Gasteiger partial charge in [0.1, 0.15) is 0 Å². The van der Waals surface area contributed by atoms with Crippen molar-refractivity contribution in [3.8, 4) is 11.5 Å². The Labute approximate surface area is 187 Å². The zero-order valence-corrected chi connectivity index (χ0v) is 18.6. The van der Waals surface area contributed by atoms with Gasteiger partial charge in [-0.15, -0.1) is 0 Å².